The van der Waals surface area contributed by atoms with E-state index in [9.17, 15) is 9.90 Å². The van der Waals surface area contributed by atoms with Crippen molar-refractivity contribution in [3.63, 3.8) is 0 Å². The third-order valence-electron chi connectivity index (χ3n) is 3.00. The smallest absolute Gasteiger partial charge is 0.339 e. The lowest BCUT2D eigenvalue weighted by Gasteiger charge is -2.17. The summed E-state index contributed by atoms with van der Waals surface area (Å²) in [4.78, 5) is 19.4. The second kappa shape index (κ2) is 6.17. The molecule has 8 nitrogen and oxygen atoms in total. The van der Waals surface area contributed by atoms with Crippen LogP contribution in [0.3, 0.4) is 0 Å². The first kappa shape index (κ1) is 15.4. The van der Waals surface area contributed by atoms with Crippen molar-refractivity contribution in [1.29, 1.82) is 0 Å². The number of nitrogens with zero attached hydrogens (tertiary/aromatic N) is 2. The van der Waals surface area contributed by atoms with Gasteiger partial charge in [0.1, 0.15) is 17.7 Å². The van der Waals surface area contributed by atoms with Crippen LogP contribution in [0, 0.1) is 0 Å². The molecule has 0 aliphatic rings. The van der Waals surface area contributed by atoms with Gasteiger partial charge < -0.3 is 25.1 Å². The van der Waals surface area contributed by atoms with E-state index in [1.807, 2.05) is 0 Å². The quantitative estimate of drug-likeness (QED) is 0.852. The molecule has 0 saturated heterocycles. The molecule has 0 bridgehead atoms. The van der Waals surface area contributed by atoms with Crippen molar-refractivity contribution in [1.82, 2.24) is 9.97 Å². The van der Waals surface area contributed by atoms with E-state index in [2.05, 4.69) is 9.97 Å². The van der Waals surface area contributed by atoms with Crippen LogP contribution >= 0.6 is 0 Å². The lowest BCUT2D eigenvalue weighted by Crippen LogP contribution is -2.06. The molecule has 0 saturated carbocycles. The Bertz CT molecular complexity index is 718. The molecule has 22 heavy (non-hydrogen) atoms. The molecule has 2 rings (SSSR count). The summed E-state index contributed by atoms with van der Waals surface area (Å²) in [6, 6.07) is 2.90. The Kier molecular flexibility index (Phi) is 4.31. The van der Waals surface area contributed by atoms with E-state index >= 15 is 0 Å². The molecular formula is C14H15N3O5. The van der Waals surface area contributed by atoms with Crippen LogP contribution in [0.25, 0.3) is 11.3 Å². The van der Waals surface area contributed by atoms with Crippen molar-refractivity contribution in [3.8, 4) is 28.5 Å². The highest BCUT2D eigenvalue weighted by Gasteiger charge is 2.25. The van der Waals surface area contributed by atoms with Crippen LogP contribution in [-0.4, -0.2) is 42.4 Å². The summed E-state index contributed by atoms with van der Waals surface area (Å²) in [5, 5.41) is 9.37. The third kappa shape index (κ3) is 2.58. The van der Waals surface area contributed by atoms with Gasteiger partial charge in [0.05, 0.1) is 27.0 Å². The number of aromatic carboxylic acids is 1. The lowest BCUT2D eigenvalue weighted by atomic mass is 10.0. The number of anilines is 1. The van der Waals surface area contributed by atoms with Crippen molar-refractivity contribution in [2.75, 3.05) is 27.1 Å². The summed E-state index contributed by atoms with van der Waals surface area (Å²) in [5.41, 5.74) is 6.39. The van der Waals surface area contributed by atoms with E-state index in [4.69, 9.17) is 19.9 Å². The number of methoxy groups -OCH3 is 3. The Morgan fingerprint density at radius 1 is 1.05 bits per heavy atom. The van der Waals surface area contributed by atoms with Gasteiger partial charge in [-0.1, -0.05) is 0 Å². The molecule has 1 aromatic carbocycles. The summed E-state index contributed by atoms with van der Waals surface area (Å²) in [5.74, 6) is -0.392. The highest BCUT2D eigenvalue weighted by molar-refractivity contribution is 5.96. The fourth-order valence-electron chi connectivity index (χ4n) is 2.08. The Morgan fingerprint density at radius 2 is 1.68 bits per heavy atom. The zero-order chi connectivity index (χ0) is 16.3. The number of nitrogen functional groups attached to an aromatic ring is 1. The number of carboxylic acid groups (broad SMARTS) is 1. The molecule has 0 unspecified atom stereocenters. The molecule has 116 valence electrons. The van der Waals surface area contributed by atoms with E-state index in [1.54, 1.807) is 0 Å². The number of hydrogen-bond donors (Lipinski definition) is 2. The molecular weight excluding hydrogens is 290 g/mol. The van der Waals surface area contributed by atoms with Gasteiger partial charge in [-0.05, 0) is 6.07 Å². The fraction of sp³-hybridized carbons (Fsp3) is 0.214. The van der Waals surface area contributed by atoms with Crippen LogP contribution in [0.4, 0.5) is 5.82 Å². The maximum absolute atomic E-state index is 11.5. The van der Waals surface area contributed by atoms with Gasteiger partial charge in [0.15, 0.2) is 11.5 Å². The van der Waals surface area contributed by atoms with Gasteiger partial charge in [-0.25, -0.2) is 14.8 Å². The second-order valence-electron chi connectivity index (χ2n) is 4.20. The Labute approximate surface area is 126 Å². The van der Waals surface area contributed by atoms with Crippen molar-refractivity contribution in [2.24, 2.45) is 0 Å². The SMILES string of the molecule is COc1c(C(=O)O)cc(-c2cc(N)ncn2)c(OC)c1OC. The zero-order valence-electron chi connectivity index (χ0n) is 12.3. The maximum Gasteiger partial charge on any atom is 0.339 e. The van der Waals surface area contributed by atoms with Gasteiger partial charge in [0.25, 0.3) is 0 Å². The molecule has 1 heterocycles. The molecule has 0 aliphatic heterocycles. The number of hydrogen-bond acceptors (Lipinski definition) is 7. The molecule has 0 fully saturated rings. The van der Waals surface area contributed by atoms with Crippen LogP contribution in [0.5, 0.6) is 17.2 Å². The van der Waals surface area contributed by atoms with Crippen molar-refractivity contribution in [3.05, 3.63) is 24.0 Å². The molecule has 0 spiro atoms. The normalized spacial score (nSPS) is 10.1. The van der Waals surface area contributed by atoms with Gasteiger partial charge in [-0.15, -0.1) is 0 Å². The van der Waals surface area contributed by atoms with E-state index in [-0.39, 0.29) is 22.9 Å². The van der Waals surface area contributed by atoms with E-state index in [1.165, 1.54) is 39.8 Å². The van der Waals surface area contributed by atoms with E-state index in [0.29, 0.717) is 17.0 Å². The summed E-state index contributed by atoms with van der Waals surface area (Å²) < 4.78 is 15.7. The van der Waals surface area contributed by atoms with Gasteiger partial charge in [-0.2, -0.15) is 0 Å². The van der Waals surface area contributed by atoms with Crippen molar-refractivity contribution in [2.45, 2.75) is 0 Å². The van der Waals surface area contributed by atoms with E-state index < -0.39 is 5.97 Å². The molecule has 2 aromatic rings. The largest absolute Gasteiger partial charge is 0.492 e. The molecule has 1 aromatic heterocycles. The van der Waals surface area contributed by atoms with E-state index in [0.717, 1.165) is 0 Å². The highest BCUT2D eigenvalue weighted by Crippen LogP contribution is 2.46. The predicted molar refractivity (Wildman–Crippen MR) is 78.5 cm³/mol. The Hall–Kier alpha value is -3.03. The topological polar surface area (TPSA) is 117 Å². The minimum atomic E-state index is -1.17. The first-order chi connectivity index (χ1) is 10.5. The summed E-state index contributed by atoms with van der Waals surface area (Å²) in [7, 11) is 4.18. The van der Waals surface area contributed by atoms with Crippen LogP contribution < -0.4 is 19.9 Å². The van der Waals surface area contributed by atoms with Crippen LogP contribution in [0.1, 0.15) is 10.4 Å². The van der Waals surface area contributed by atoms with Crippen molar-refractivity contribution >= 4 is 11.8 Å². The summed E-state index contributed by atoms with van der Waals surface area (Å²) in [6.07, 6.45) is 1.28. The lowest BCUT2D eigenvalue weighted by molar-refractivity contribution is 0.0692. The molecule has 0 amide bonds. The number of ether oxygens (including phenoxy) is 3. The number of aromatic nitrogens is 2. The molecule has 0 atom stereocenters. The number of carboxylic acids is 1. The highest BCUT2D eigenvalue weighted by atomic mass is 16.5. The van der Waals surface area contributed by atoms with Gasteiger partial charge in [-0.3, -0.25) is 0 Å². The standard InChI is InChI=1S/C14H15N3O5/c1-20-11-7(9-5-10(15)17-6-16-9)4-8(14(18)19)12(21-2)13(11)22-3/h4-6H,1-3H3,(H,18,19)(H2,15,16,17). The fourth-order valence-corrected chi connectivity index (χ4v) is 2.08. The van der Waals surface area contributed by atoms with Crippen LogP contribution in [-0.2, 0) is 0 Å². The van der Waals surface area contributed by atoms with Crippen LogP contribution in [0.2, 0.25) is 0 Å². The number of benzene rings is 1. The third-order valence-corrected chi connectivity index (χ3v) is 3.00. The molecule has 0 aliphatic carbocycles. The van der Waals surface area contributed by atoms with Crippen LogP contribution in [0.15, 0.2) is 18.5 Å². The Balaban J connectivity index is 2.83. The number of carbonyl (C=O) groups is 1. The van der Waals surface area contributed by atoms with Crippen molar-refractivity contribution < 1.29 is 24.1 Å². The minimum Gasteiger partial charge on any atom is -0.492 e. The molecule has 0 radical (unpaired) electrons. The monoisotopic (exact) mass is 305 g/mol. The number of nitrogens with two attached hydrogens (primary N) is 1. The zero-order valence-corrected chi connectivity index (χ0v) is 12.3. The average Bonchev–Trinajstić information content (AvgIpc) is 2.52. The van der Waals surface area contributed by atoms with Gasteiger partial charge in [0, 0.05) is 11.6 Å². The first-order valence-electron chi connectivity index (χ1n) is 6.17. The molecule has 3 N–H and O–H groups in total. The maximum atomic E-state index is 11.5. The molecule has 8 heteroatoms. The Morgan fingerprint density at radius 3 is 2.18 bits per heavy atom. The number of rotatable bonds is 5. The second-order valence-corrected chi connectivity index (χ2v) is 4.20. The first-order valence-corrected chi connectivity index (χ1v) is 6.17. The minimum absolute atomic E-state index is 0.0672. The summed E-state index contributed by atoms with van der Waals surface area (Å²) >= 11 is 0. The van der Waals surface area contributed by atoms with Gasteiger partial charge in [0.2, 0.25) is 5.75 Å². The summed E-state index contributed by atoms with van der Waals surface area (Å²) in [6.45, 7) is 0. The predicted octanol–water partition coefficient (Wildman–Crippen LogP) is 1.45. The van der Waals surface area contributed by atoms with Gasteiger partial charge >= 0.3 is 5.97 Å². The average molecular weight is 305 g/mol.